The lowest BCUT2D eigenvalue weighted by Crippen LogP contribution is -2.11. The average molecular weight is 466 g/mol. The molecule has 0 bridgehead atoms. The SMILES string of the molecule is C.CS(C)(C)CCOCn1nccc1-c1ccc(Oc2ccc3cc(C=O)ccc3c2)nc1. The van der Waals surface area contributed by atoms with E-state index >= 15 is 0 Å². The van der Waals surface area contributed by atoms with Gasteiger partial charge in [0.2, 0.25) is 5.88 Å². The van der Waals surface area contributed by atoms with Crippen LogP contribution in [0.4, 0.5) is 0 Å². The third-order valence-corrected chi connectivity index (χ3v) is 6.39. The minimum Gasteiger partial charge on any atom is -0.439 e. The van der Waals surface area contributed by atoms with E-state index in [1.54, 1.807) is 18.5 Å². The molecule has 174 valence electrons. The molecule has 0 saturated carbocycles. The van der Waals surface area contributed by atoms with Gasteiger partial charge in [-0.15, -0.1) is 0 Å². The predicted octanol–water partition coefficient (Wildman–Crippen LogP) is 6.01. The van der Waals surface area contributed by atoms with Crippen molar-refractivity contribution in [3.8, 4) is 22.9 Å². The summed E-state index contributed by atoms with van der Waals surface area (Å²) in [4.78, 5) is 15.4. The smallest absolute Gasteiger partial charge is 0.219 e. The molecule has 33 heavy (non-hydrogen) atoms. The van der Waals surface area contributed by atoms with Crippen LogP contribution in [-0.4, -0.2) is 52.2 Å². The molecule has 0 radical (unpaired) electrons. The second-order valence-corrected chi connectivity index (χ2v) is 13.0. The summed E-state index contributed by atoms with van der Waals surface area (Å²) in [5.74, 6) is 2.27. The van der Waals surface area contributed by atoms with Crippen LogP contribution in [0.3, 0.4) is 0 Å². The number of aromatic nitrogens is 3. The molecule has 2 aromatic heterocycles. The zero-order chi connectivity index (χ0) is 22.6. The highest BCUT2D eigenvalue weighted by molar-refractivity contribution is 8.32. The largest absolute Gasteiger partial charge is 0.439 e. The summed E-state index contributed by atoms with van der Waals surface area (Å²) in [5, 5.41) is 6.37. The maximum absolute atomic E-state index is 10.9. The summed E-state index contributed by atoms with van der Waals surface area (Å²) in [6.45, 7) is 1.14. The van der Waals surface area contributed by atoms with Gasteiger partial charge in [0.15, 0.2) is 0 Å². The second kappa shape index (κ2) is 10.6. The van der Waals surface area contributed by atoms with Gasteiger partial charge in [0.1, 0.15) is 18.8 Å². The minimum atomic E-state index is -0.566. The molecule has 2 aromatic carbocycles. The zero-order valence-corrected chi connectivity index (χ0v) is 19.3. The van der Waals surface area contributed by atoms with Crippen LogP contribution < -0.4 is 4.74 Å². The predicted molar refractivity (Wildman–Crippen MR) is 138 cm³/mol. The number of fused-ring (bicyclic) bond motifs is 1. The molecule has 0 unspecified atom stereocenters. The lowest BCUT2D eigenvalue weighted by Gasteiger charge is -2.24. The molecule has 4 rings (SSSR count). The van der Waals surface area contributed by atoms with Crippen molar-refractivity contribution in [2.45, 2.75) is 14.2 Å². The zero-order valence-electron chi connectivity index (χ0n) is 18.5. The topological polar surface area (TPSA) is 66.2 Å². The van der Waals surface area contributed by atoms with E-state index in [0.29, 0.717) is 23.9 Å². The van der Waals surface area contributed by atoms with Crippen molar-refractivity contribution < 1.29 is 14.3 Å². The van der Waals surface area contributed by atoms with Gasteiger partial charge in [-0.2, -0.15) is 5.10 Å². The van der Waals surface area contributed by atoms with Crippen molar-refractivity contribution in [2.75, 3.05) is 31.1 Å². The van der Waals surface area contributed by atoms with Crippen LogP contribution in [0, 0.1) is 0 Å². The lowest BCUT2D eigenvalue weighted by molar-refractivity contribution is 0.0821. The summed E-state index contributed by atoms with van der Waals surface area (Å²) in [7, 11) is -0.566. The Morgan fingerprint density at radius 2 is 1.79 bits per heavy atom. The molecule has 0 atom stereocenters. The standard InChI is InChI=1S/C25H27N3O3S.CH4/c1-32(2,3)13-12-30-18-28-24(10-11-27-28)22-7-9-25(26-16-22)31-23-8-6-20-14-19(17-29)4-5-21(20)15-23;/h4-11,14-17H,12-13,18H2,1-3H3;1H4. The summed E-state index contributed by atoms with van der Waals surface area (Å²) >= 11 is 0. The minimum absolute atomic E-state index is 0. The summed E-state index contributed by atoms with van der Waals surface area (Å²) in [6, 6.07) is 17.1. The maximum Gasteiger partial charge on any atom is 0.219 e. The number of hydrogen-bond donors (Lipinski definition) is 0. The molecule has 0 spiro atoms. The van der Waals surface area contributed by atoms with Crippen LogP contribution in [0.1, 0.15) is 17.8 Å². The van der Waals surface area contributed by atoms with Crippen LogP contribution in [0.15, 0.2) is 67.0 Å². The molecule has 0 amide bonds. The lowest BCUT2D eigenvalue weighted by atomic mass is 10.1. The van der Waals surface area contributed by atoms with Gasteiger partial charge in [-0.05, 0) is 59.9 Å². The van der Waals surface area contributed by atoms with Crippen LogP contribution in [0.2, 0.25) is 0 Å². The van der Waals surface area contributed by atoms with E-state index < -0.39 is 10.0 Å². The second-order valence-electron chi connectivity index (χ2n) is 8.42. The normalized spacial score (nSPS) is 11.7. The Bertz CT molecular complexity index is 1210. The van der Waals surface area contributed by atoms with Crippen molar-refractivity contribution in [1.29, 1.82) is 0 Å². The Balaban J connectivity index is 0.00000306. The van der Waals surface area contributed by atoms with Crippen molar-refractivity contribution >= 4 is 27.1 Å². The van der Waals surface area contributed by atoms with E-state index in [-0.39, 0.29) is 7.43 Å². The molecule has 4 aromatic rings. The number of pyridine rings is 1. The van der Waals surface area contributed by atoms with Gasteiger partial charge in [0.25, 0.3) is 0 Å². The molecule has 7 heteroatoms. The van der Waals surface area contributed by atoms with Crippen LogP contribution in [0.25, 0.3) is 22.0 Å². The van der Waals surface area contributed by atoms with Crippen molar-refractivity contribution in [3.63, 3.8) is 0 Å². The summed E-state index contributed by atoms with van der Waals surface area (Å²) in [5.41, 5.74) is 2.55. The van der Waals surface area contributed by atoms with Crippen molar-refractivity contribution in [2.24, 2.45) is 0 Å². The monoisotopic (exact) mass is 465 g/mol. The van der Waals surface area contributed by atoms with Crippen LogP contribution >= 0.6 is 10.0 Å². The van der Waals surface area contributed by atoms with Gasteiger partial charge in [-0.3, -0.25) is 4.79 Å². The van der Waals surface area contributed by atoms with Gasteiger partial charge in [0.05, 0.1) is 12.3 Å². The first-order valence-electron chi connectivity index (χ1n) is 10.3. The molecule has 0 aliphatic rings. The fourth-order valence-corrected chi connectivity index (χ4v) is 3.85. The third-order valence-electron chi connectivity index (χ3n) is 5.00. The number of ether oxygens (including phenoxy) is 2. The fraction of sp³-hybridized carbons (Fsp3) is 0.269. The van der Waals surface area contributed by atoms with E-state index in [4.69, 9.17) is 9.47 Å². The molecule has 2 heterocycles. The number of aldehydes is 1. The first-order valence-corrected chi connectivity index (χ1v) is 13.3. The van der Waals surface area contributed by atoms with Crippen LogP contribution in [-0.2, 0) is 11.5 Å². The first-order chi connectivity index (χ1) is 15.4. The Kier molecular flexibility index (Phi) is 7.89. The van der Waals surface area contributed by atoms with E-state index in [9.17, 15) is 4.79 Å². The van der Waals surface area contributed by atoms with Gasteiger partial charge < -0.3 is 9.47 Å². The van der Waals surface area contributed by atoms with E-state index in [1.807, 2.05) is 53.2 Å². The Labute approximate surface area is 196 Å². The molecule has 0 saturated heterocycles. The quantitative estimate of drug-likeness (QED) is 0.224. The molecule has 0 N–H and O–H groups in total. The van der Waals surface area contributed by atoms with E-state index in [2.05, 4.69) is 28.8 Å². The Morgan fingerprint density at radius 3 is 2.52 bits per heavy atom. The van der Waals surface area contributed by atoms with E-state index in [1.165, 1.54) is 0 Å². The highest BCUT2D eigenvalue weighted by Crippen LogP contribution is 2.33. The third kappa shape index (κ3) is 6.43. The highest BCUT2D eigenvalue weighted by Gasteiger charge is 2.09. The van der Waals surface area contributed by atoms with Gasteiger partial charge >= 0.3 is 0 Å². The molecular formula is C26H31N3O3S. The summed E-state index contributed by atoms with van der Waals surface area (Å²) < 4.78 is 13.6. The highest BCUT2D eigenvalue weighted by atomic mass is 32.3. The Hall–Kier alpha value is -3.16. The number of nitrogens with zero attached hydrogens (tertiary/aromatic N) is 3. The fourth-order valence-electron chi connectivity index (χ4n) is 3.23. The number of hydrogen-bond acceptors (Lipinski definition) is 5. The number of rotatable bonds is 9. The molecule has 0 aliphatic heterocycles. The Morgan fingerprint density at radius 1 is 1.00 bits per heavy atom. The van der Waals surface area contributed by atoms with Crippen molar-refractivity contribution in [3.05, 3.63) is 72.6 Å². The van der Waals surface area contributed by atoms with Crippen molar-refractivity contribution in [1.82, 2.24) is 14.8 Å². The number of benzene rings is 2. The molecular weight excluding hydrogens is 434 g/mol. The summed E-state index contributed by atoms with van der Waals surface area (Å²) in [6.07, 6.45) is 11.2. The maximum atomic E-state index is 10.9. The average Bonchev–Trinajstić information content (AvgIpc) is 3.25. The number of carbonyl (C=O) groups excluding carboxylic acids is 1. The van der Waals surface area contributed by atoms with Gasteiger partial charge in [0, 0.05) is 35.3 Å². The molecule has 0 fully saturated rings. The molecule has 0 aliphatic carbocycles. The van der Waals surface area contributed by atoms with Gasteiger partial charge in [-0.1, -0.05) is 25.6 Å². The first kappa shape index (κ1) is 24.5. The molecule has 6 nitrogen and oxygen atoms in total. The number of carbonyl (C=O) groups is 1. The van der Waals surface area contributed by atoms with Gasteiger partial charge in [-0.25, -0.2) is 19.7 Å². The van der Waals surface area contributed by atoms with E-state index in [0.717, 1.165) is 40.7 Å². The van der Waals surface area contributed by atoms with Crippen LogP contribution in [0.5, 0.6) is 11.6 Å².